The Morgan fingerprint density at radius 3 is 2.89 bits per heavy atom. The van der Waals surface area contributed by atoms with Gasteiger partial charge in [0, 0.05) is 6.07 Å². The zero-order valence-corrected chi connectivity index (χ0v) is 15.7. The van der Waals surface area contributed by atoms with E-state index in [0.717, 1.165) is 5.01 Å². The molecule has 0 aliphatic carbocycles. The summed E-state index contributed by atoms with van der Waals surface area (Å²) in [5.74, 6) is -0.625. The lowest BCUT2D eigenvalue weighted by atomic mass is 10.2. The van der Waals surface area contributed by atoms with Gasteiger partial charge in [-0.3, -0.25) is 19.0 Å². The van der Waals surface area contributed by atoms with E-state index in [-0.39, 0.29) is 24.3 Å². The standard InChI is InChI=1S/C18H15N5O4S/c1-2-14-21-23-15(24)7-11(20-18(23)28-14)9-27-16(25)8-22-10-19-13-6-4-3-5-12(13)17(22)26/h3-7,10H,2,8-9H2,1H3. The average molecular weight is 397 g/mol. The number of benzene rings is 1. The van der Waals surface area contributed by atoms with Gasteiger partial charge in [0.15, 0.2) is 0 Å². The minimum Gasteiger partial charge on any atom is -0.458 e. The summed E-state index contributed by atoms with van der Waals surface area (Å²) in [5.41, 5.74) is 0.235. The van der Waals surface area contributed by atoms with Crippen LogP contribution in [-0.4, -0.2) is 30.1 Å². The number of fused-ring (bicyclic) bond motifs is 2. The van der Waals surface area contributed by atoms with Gasteiger partial charge in [-0.2, -0.15) is 9.61 Å². The molecular formula is C18H15N5O4S. The van der Waals surface area contributed by atoms with E-state index in [0.29, 0.717) is 28.0 Å². The Balaban J connectivity index is 1.49. The van der Waals surface area contributed by atoms with Crippen LogP contribution in [0.5, 0.6) is 0 Å². The molecule has 0 N–H and O–H groups in total. The molecule has 0 aliphatic heterocycles. The molecule has 0 fully saturated rings. The fourth-order valence-corrected chi connectivity index (χ4v) is 3.53. The van der Waals surface area contributed by atoms with E-state index in [4.69, 9.17) is 4.74 Å². The van der Waals surface area contributed by atoms with Crippen molar-refractivity contribution in [3.8, 4) is 0 Å². The molecule has 0 amide bonds. The van der Waals surface area contributed by atoms with E-state index >= 15 is 0 Å². The van der Waals surface area contributed by atoms with Crippen LogP contribution in [0.2, 0.25) is 0 Å². The molecule has 0 saturated heterocycles. The smallest absolute Gasteiger partial charge is 0.326 e. The van der Waals surface area contributed by atoms with Crippen LogP contribution in [0.4, 0.5) is 0 Å². The molecule has 0 unspecified atom stereocenters. The minimum atomic E-state index is -0.625. The van der Waals surface area contributed by atoms with E-state index in [9.17, 15) is 14.4 Å². The van der Waals surface area contributed by atoms with Gasteiger partial charge in [-0.1, -0.05) is 30.4 Å². The lowest BCUT2D eigenvalue weighted by Gasteiger charge is -2.07. The molecule has 28 heavy (non-hydrogen) atoms. The van der Waals surface area contributed by atoms with Gasteiger partial charge in [0.1, 0.15) is 18.2 Å². The molecule has 0 aliphatic rings. The number of rotatable bonds is 5. The van der Waals surface area contributed by atoms with Crippen LogP contribution in [0.3, 0.4) is 0 Å². The molecule has 9 nitrogen and oxygen atoms in total. The van der Waals surface area contributed by atoms with Crippen LogP contribution in [0.15, 0.2) is 46.2 Å². The van der Waals surface area contributed by atoms with Gasteiger partial charge in [-0.25, -0.2) is 9.97 Å². The number of carbonyl (C=O) groups excluding carboxylic acids is 1. The van der Waals surface area contributed by atoms with Crippen molar-refractivity contribution >= 4 is 33.2 Å². The summed E-state index contributed by atoms with van der Waals surface area (Å²) in [5, 5.41) is 5.38. The molecular weight excluding hydrogens is 382 g/mol. The highest BCUT2D eigenvalue weighted by Gasteiger charge is 2.12. The summed E-state index contributed by atoms with van der Waals surface area (Å²) in [4.78, 5) is 45.6. The van der Waals surface area contributed by atoms with Gasteiger partial charge in [0.05, 0.1) is 22.9 Å². The van der Waals surface area contributed by atoms with Crippen LogP contribution in [0.25, 0.3) is 15.9 Å². The van der Waals surface area contributed by atoms with Gasteiger partial charge < -0.3 is 4.74 Å². The predicted molar refractivity (Wildman–Crippen MR) is 102 cm³/mol. The lowest BCUT2D eigenvalue weighted by molar-refractivity contribution is -0.145. The highest BCUT2D eigenvalue weighted by Crippen LogP contribution is 2.12. The molecule has 3 heterocycles. The molecule has 142 valence electrons. The van der Waals surface area contributed by atoms with Crippen molar-refractivity contribution in [2.24, 2.45) is 0 Å². The maximum atomic E-state index is 12.4. The summed E-state index contributed by atoms with van der Waals surface area (Å²) >= 11 is 1.31. The van der Waals surface area contributed by atoms with E-state index in [1.165, 1.54) is 32.8 Å². The van der Waals surface area contributed by atoms with Crippen LogP contribution < -0.4 is 11.1 Å². The summed E-state index contributed by atoms with van der Waals surface area (Å²) < 4.78 is 7.60. The number of carbonyl (C=O) groups is 1. The van der Waals surface area contributed by atoms with E-state index in [1.54, 1.807) is 24.3 Å². The maximum Gasteiger partial charge on any atom is 0.326 e. The largest absolute Gasteiger partial charge is 0.458 e. The Hall–Kier alpha value is -3.40. The van der Waals surface area contributed by atoms with Gasteiger partial charge >= 0.3 is 5.97 Å². The van der Waals surface area contributed by atoms with Crippen molar-refractivity contribution < 1.29 is 9.53 Å². The quantitative estimate of drug-likeness (QED) is 0.465. The van der Waals surface area contributed by atoms with Crippen molar-refractivity contribution in [1.29, 1.82) is 0 Å². The van der Waals surface area contributed by atoms with Crippen molar-refractivity contribution in [1.82, 2.24) is 24.1 Å². The molecule has 3 aromatic heterocycles. The Kier molecular flexibility index (Phi) is 4.70. The number of para-hydroxylation sites is 1. The fraction of sp³-hybridized carbons (Fsp3) is 0.222. The number of nitrogens with zero attached hydrogens (tertiary/aromatic N) is 5. The first-order valence-corrected chi connectivity index (χ1v) is 9.35. The first-order chi connectivity index (χ1) is 13.5. The number of aryl methyl sites for hydroxylation is 1. The summed E-state index contributed by atoms with van der Waals surface area (Å²) in [6.07, 6.45) is 2.01. The highest BCUT2D eigenvalue weighted by atomic mass is 32.1. The molecule has 0 spiro atoms. The van der Waals surface area contributed by atoms with Crippen LogP contribution in [0, 0.1) is 0 Å². The van der Waals surface area contributed by atoms with E-state index in [1.807, 2.05) is 6.92 Å². The monoisotopic (exact) mass is 397 g/mol. The molecule has 10 heteroatoms. The second-order valence-corrected chi connectivity index (χ2v) is 7.03. The molecule has 0 atom stereocenters. The molecule has 4 rings (SSSR count). The topological polar surface area (TPSA) is 108 Å². The van der Waals surface area contributed by atoms with Crippen LogP contribution >= 0.6 is 11.3 Å². The summed E-state index contributed by atoms with van der Waals surface area (Å²) in [6.45, 7) is 1.49. The van der Waals surface area contributed by atoms with Crippen molar-refractivity contribution in [2.45, 2.75) is 26.5 Å². The SMILES string of the molecule is CCc1nn2c(=O)cc(COC(=O)Cn3cnc4ccccc4c3=O)nc2s1. The third-order valence-electron chi connectivity index (χ3n) is 4.05. The first kappa shape index (κ1) is 18.0. The average Bonchev–Trinajstić information content (AvgIpc) is 3.13. The Bertz CT molecular complexity index is 1310. The minimum absolute atomic E-state index is 0.167. The number of esters is 1. The zero-order chi connectivity index (χ0) is 19.7. The first-order valence-electron chi connectivity index (χ1n) is 8.53. The maximum absolute atomic E-state index is 12.4. The molecule has 0 bridgehead atoms. The zero-order valence-electron chi connectivity index (χ0n) is 14.9. The summed E-state index contributed by atoms with van der Waals surface area (Å²) in [7, 11) is 0. The number of hydrogen-bond acceptors (Lipinski definition) is 8. The number of ether oxygens (including phenoxy) is 1. The Morgan fingerprint density at radius 1 is 1.25 bits per heavy atom. The number of hydrogen-bond donors (Lipinski definition) is 0. The fourth-order valence-electron chi connectivity index (χ4n) is 2.67. The Morgan fingerprint density at radius 2 is 2.07 bits per heavy atom. The van der Waals surface area contributed by atoms with Crippen molar-refractivity contribution in [2.75, 3.05) is 0 Å². The van der Waals surface area contributed by atoms with Crippen LogP contribution in [-0.2, 0) is 29.1 Å². The highest BCUT2D eigenvalue weighted by molar-refractivity contribution is 7.16. The summed E-state index contributed by atoms with van der Waals surface area (Å²) in [6, 6.07) is 8.18. The second-order valence-electron chi connectivity index (χ2n) is 5.98. The molecule has 1 aromatic carbocycles. The normalized spacial score (nSPS) is 11.2. The van der Waals surface area contributed by atoms with Gasteiger partial charge in [0.2, 0.25) is 4.96 Å². The van der Waals surface area contributed by atoms with Gasteiger partial charge in [-0.05, 0) is 18.6 Å². The predicted octanol–water partition coefficient (Wildman–Crippen LogP) is 1.17. The third-order valence-corrected chi connectivity index (χ3v) is 5.11. The molecule has 4 aromatic rings. The van der Waals surface area contributed by atoms with Gasteiger partial charge in [0.25, 0.3) is 11.1 Å². The van der Waals surface area contributed by atoms with Crippen molar-refractivity contribution in [3.63, 3.8) is 0 Å². The van der Waals surface area contributed by atoms with Crippen LogP contribution in [0.1, 0.15) is 17.6 Å². The Labute approximate surface area is 161 Å². The van der Waals surface area contributed by atoms with E-state index in [2.05, 4.69) is 15.1 Å². The van der Waals surface area contributed by atoms with E-state index < -0.39 is 5.97 Å². The molecule has 0 saturated carbocycles. The third kappa shape index (κ3) is 3.41. The lowest BCUT2D eigenvalue weighted by Crippen LogP contribution is -2.26. The second kappa shape index (κ2) is 7.31. The van der Waals surface area contributed by atoms with Crippen molar-refractivity contribution in [3.05, 3.63) is 68.1 Å². The molecule has 0 radical (unpaired) electrons. The van der Waals surface area contributed by atoms with Gasteiger partial charge in [-0.15, -0.1) is 0 Å². The number of aromatic nitrogens is 5.